The van der Waals surface area contributed by atoms with Gasteiger partial charge in [0.15, 0.2) is 5.17 Å². The number of aliphatic imine (C=N–C) groups is 1. The Morgan fingerprint density at radius 1 is 1.19 bits per heavy atom. The van der Waals surface area contributed by atoms with Gasteiger partial charge in [-0.15, -0.1) is 0 Å². The molecule has 2 aromatic carbocycles. The summed E-state index contributed by atoms with van der Waals surface area (Å²) >= 11 is 1.26. The summed E-state index contributed by atoms with van der Waals surface area (Å²) in [6.45, 7) is 0.408. The van der Waals surface area contributed by atoms with Crippen molar-refractivity contribution in [2.75, 3.05) is 12.4 Å². The van der Waals surface area contributed by atoms with E-state index in [9.17, 15) is 14.0 Å². The van der Waals surface area contributed by atoms with Gasteiger partial charge >= 0.3 is 0 Å². The molecule has 1 heterocycles. The van der Waals surface area contributed by atoms with Crippen LogP contribution in [-0.4, -0.2) is 34.2 Å². The Bertz CT molecular complexity index is 842. The maximum Gasteiger partial charge on any atom is 0.242 e. The molecule has 0 saturated carbocycles. The molecule has 1 fully saturated rings. The number of nitrogens with zero attached hydrogens (tertiary/aromatic N) is 2. The number of nitrogens with one attached hydrogen (secondary N) is 1. The van der Waals surface area contributed by atoms with Crippen LogP contribution in [0.25, 0.3) is 0 Å². The van der Waals surface area contributed by atoms with Crippen molar-refractivity contribution < 1.29 is 14.0 Å². The van der Waals surface area contributed by atoms with E-state index in [1.807, 2.05) is 30.3 Å². The van der Waals surface area contributed by atoms with Gasteiger partial charge in [-0.3, -0.25) is 19.5 Å². The van der Waals surface area contributed by atoms with Crippen LogP contribution in [0.15, 0.2) is 59.6 Å². The molecule has 0 aromatic heterocycles. The van der Waals surface area contributed by atoms with Gasteiger partial charge < -0.3 is 5.32 Å². The molecule has 1 aliphatic heterocycles. The molecule has 0 spiro atoms. The van der Waals surface area contributed by atoms with E-state index < -0.39 is 17.0 Å². The Balaban J connectivity index is 1.66. The first-order chi connectivity index (χ1) is 12.6. The van der Waals surface area contributed by atoms with Crippen LogP contribution in [-0.2, 0) is 16.1 Å². The third kappa shape index (κ3) is 4.11. The van der Waals surface area contributed by atoms with Crippen LogP contribution in [0.2, 0.25) is 0 Å². The Hall–Kier alpha value is -2.67. The summed E-state index contributed by atoms with van der Waals surface area (Å²) in [5, 5.41) is 2.54. The third-order valence-corrected chi connectivity index (χ3v) is 5.18. The lowest BCUT2D eigenvalue weighted by atomic mass is 10.2. The number of carbonyl (C=O) groups is 2. The summed E-state index contributed by atoms with van der Waals surface area (Å²) in [7, 11) is 1.62. The summed E-state index contributed by atoms with van der Waals surface area (Å²) in [5.41, 5.74) is 1.09. The molecule has 5 nitrogen and oxygen atoms in total. The molecule has 3 rings (SSSR count). The maximum atomic E-state index is 13.6. The Morgan fingerprint density at radius 2 is 1.88 bits per heavy atom. The van der Waals surface area contributed by atoms with E-state index in [0.717, 1.165) is 5.56 Å². The van der Waals surface area contributed by atoms with Gasteiger partial charge in [0.05, 0.1) is 12.2 Å². The Labute approximate surface area is 155 Å². The Morgan fingerprint density at radius 3 is 2.58 bits per heavy atom. The number of hydrogen-bond donors (Lipinski definition) is 1. The smallest absolute Gasteiger partial charge is 0.242 e. The van der Waals surface area contributed by atoms with E-state index in [2.05, 4.69) is 10.3 Å². The minimum absolute atomic E-state index is 0.0395. The van der Waals surface area contributed by atoms with E-state index in [-0.39, 0.29) is 18.0 Å². The summed E-state index contributed by atoms with van der Waals surface area (Å²) in [6, 6.07) is 15.5. The average molecular weight is 371 g/mol. The van der Waals surface area contributed by atoms with Gasteiger partial charge in [-0.2, -0.15) is 0 Å². The normalized spacial score (nSPS) is 18.4. The molecule has 1 aliphatic rings. The van der Waals surface area contributed by atoms with Crippen LogP contribution < -0.4 is 5.32 Å². The molecule has 0 aliphatic carbocycles. The summed E-state index contributed by atoms with van der Waals surface area (Å²) in [6.07, 6.45) is -0.0395. The highest BCUT2D eigenvalue weighted by molar-refractivity contribution is 8.15. The van der Waals surface area contributed by atoms with Gasteiger partial charge in [0.25, 0.3) is 0 Å². The van der Waals surface area contributed by atoms with Crippen LogP contribution >= 0.6 is 11.8 Å². The monoisotopic (exact) mass is 371 g/mol. The predicted octanol–water partition coefficient (Wildman–Crippen LogP) is 3.28. The van der Waals surface area contributed by atoms with Crippen molar-refractivity contribution in [1.29, 1.82) is 0 Å². The van der Waals surface area contributed by atoms with Crippen LogP contribution in [0.4, 0.5) is 10.1 Å². The minimum Gasteiger partial charge on any atom is -0.324 e. The van der Waals surface area contributed by atoms with E-state index in [1.165, 1.54) is 23.9 Å². The van der Waals surface area contributed by atoms with Crippen LogP contribution in [0, 0.1) is 5.82 Å². The van der Waals surface area contributed by atoms with Gasteiger partial charge in [-0.25, -0.2) is 4.39 Å². The summed E-state index contributed by atoms with van der Waals surface area (Å²) in [4.78, 5) is 30.7. The van der Waals surface area contributed by atoms with Gasteiger partial charge in [0.1, 0.15) is 11.1 Å². The highest BCUT2D eigenvalue weighted by atomic mass is 32.2. The molecule has 7 heteroatoms. The van der Waals surface area contributed by atoms with E-state index >= 15 is 0 Å². The Kier molecular flexibility index (Phi) is 5.68. The maximum absolute atomic E-state index is 13.6. The van der Waals surface area contributed by atoms with Crippen molar-refractivity contribution in [3.63, 3.8) is 0 Å². The number of anilines is 1. The van der Waals surface area contributed by atoms with Crippen molar-refractivity contribution in [2.24, 2.45) is 4.99 Å². The number of halogens is 1. The second kappa shape index (κ2) is 8.14. The second-order valence-electron chi connectivity index (χ2n) is 5.75. The van der Waals surface area contributed by atoms with Gasteiger partial charge in [-0.1, -0.05) is 54.2 Å². The van der Waals surface area contributed by atoms with Crippen molar-refractivity contribution in [1.82, 2.24) is 4.90 Å². The fourth-order valence-corrected chi connectivity index (χ4v) is 3.76. The highest BCUT2D eigenvalue weighted by Crippen LogP contribution is 2.31. The number of rotatable bonds is 5. The number of amidine groups is 1. The minimum atomic E-state index is -0.566. The van der Waals surface area contributed by atoms with E-state index in [4.69, 9.17) is 0 Å². The molecule has 0 radical (unpaired) electrons. The van der Waals surface area contributed by atoms with Gasteiger partial charge in [0.2, 0.25) is 11.8 Å². The van der Waals surface area contributed by atoms with E-state index in [0.29, 0.717) is 11.7 Å². The zero-order valence-corrected chi connectivity index (χ0v) is 15.0. The van der Waals surface area contributed by atoms with Gasteiger partial charge in [-0.05, 0) is 17.7 Å². The molecular formula is C19H18FN3O2S. The summed E-state index contributed by atoms with van der Waals surface area (Å²) in [5.74, 6) is -1.08. The molecule has 1 N–H and O–H groups in total. The molecule has 2 amide bonds. The molecule has 134 valence electrons. The first-order valence-corrected chi connectivity index (χ1v) is 8.99. The molecule has 1 saturated heterocycles. The lowest BCUT2D eigenvalue weighted by Crippen LogP contribution is -2.33. The molecular weight excluding hydrogens is 353 g/mol. The summed E-state index contributed by atoms with van der Waals surface area (Å²) < 4.78 is 13.6. The SMILES string of the molecule is CN=C1S[C@@H](CC(=O)Nc2ccccc2F)C(=O)N1Cc1ccccc1. The lowest BCUT2D eigenvalue weighted by molar-refractivity contribution is -0.128. The van der Waals surface area contributed by atoms with Crippen molar-refractivity contribution in [3.8, 4) is 0 Å². The molecule has 2 aromatic rings. The van der Waals surface area contributed by atoms with Crippen molar-refractivity contribution in [3.05, 3.63) is 66.0 Å². The zero-order valence-electron chi connectivity index (χ0n) is 14.2. The number of thioether (sulfide) groups is 1. The number of hydrogen-bond acceptors (Lipinski definition) is 4. The fourth-order valence-electron chi connectivity index (χ4n) is 2.66. The third-order valence-electron chi connectivity index (χ3n) is 3.91. The first kappa shape index (κ1) is 18.1. The number of carbonyl (C=O) groups excluding carboxylic acids is 2. The number of amides is 2. The molecule has 1 atom stereocenters. The van der Waals surface area contributed by atoms with Crippen LogP contribution in [0.1, 0.15) is 12.0 Å². The molecule has 0 unspecified atom stereocenters. The van der Waals surface area contributed by atoms with E-state index in [1.54, 1.807) is 24.1 Å². The zero-order chi connectivity index (χ0) is 18.5. The first-order valence-electron chi connectivity index (χ1n) is 8.11. The van der Waals surface area contributed by atoms with Crippen LogP contribution in [0.5, 0.6) is 0 Å². The second-order valence-corrected chi connectivity index (χ2v) is 6.92. The lowest BCUT2D eigenvalue weighted by Gasteiger charge is -2.16. The van der Waals surface area contributed by atoms with Gasteiger partial charge in [0, 0.05) is 13.5 Å². The fraction of sp³-hybridized carbons (Fsp3) is 0.211. The largest absolute Gasteiger partial charge is 0.324 e. The van der Waals surface area contributed by atoms with Crippen molar-refractivity contribution >= 4 is 34.4 Å². The predicted molar refractivity (Wildman–Crippen MR) is 101 cm³/mol. The highest BCUT2D eigenvalue weighted by Gasteiger charge is 2.38. The molecule has 26 heavy (non-hydrogen) atoms. The molecule has 0 bridgehead atoms. The number of benzene rings is 2. The number of para-hydroxylation sites is 1. The van der Waals surface area contributed by atoms with Crippen molar-refractivity contribution in [2.45, 2.75) is 18.2 Å². The topological polar surface area (TPSA) is 61.8 Å². The standard InChI is InChI=1S/C19H18FN3O2S/c1-21-19-23(12-13-7-3-2-4-8-13)18(25)16(26-19)11-17(24)22-15-10-6-5-9-14(15)20/h2-10,16H,11-12H2,1H3,(H,22,24)/t16-/m0/s1. The van der Waals surface area contributed by atoms with Crippen LogP contribution in [0.3, 0.4) is 0 Å². The average Bonchev–Trinajstić information content (AvgIpc) is 2.93. The quantitative estimate of drug-likeness (QED) is 0.877.